The normalized spacial score (nSPS) is 20.4. The Kier molecular flexibility index (Phi) is 6.71. The molecule has 0 N–H and O–H groups in total. The molecule has 1 aromatic carbocycles. The zero-order valence-corrected chi connectivity index (χ0v) is 21.1. The first-order valence-corrected chi connectivity index (χ1v) is 14.8. The lowest BCUT2D eigenvalue weighted by atomic mass is 9.93. The third-order valence-electron chi connectivity index (χ3n) is 6.97. The van der Waals surface area contributed by atoms with Crippen molar-refractivity contribution in [3.8, 4) is 0 Å². The van der Waals surface area contributed by atoms with Crippen LogP contribution in [0, 0.1) is 0 Å². The van der Waals surface area contributed by atoms with Crippen molar-refractivity contribution < 1.29 is 13.2 Å². The highest BCUT2D eigenvalue weighted by atomic mass is 32.2. The first-order chi connectivity index (χ1) is 16.9. The Bertz CT molecular complexity index is 1440. The number of fused-ring (bicyclic) bond motifs is 3. The summed E-state index contributed by atoms with van der Waals surface area (Å²) < 4.78 is 27.7. The largest absolute Gasteiger partial charge is 0.335 e. The van der Waals surface area contributed by atoms with Gasteiger partial charge in [-0.2, -0.15) is 0 Å². The predicted octanol–water partition coefficient (Wildman–Crippen LogP) is 2.67. The van der Waals surface area contributed by atoms with E-state index < -0.39 is 9.84 Å². The lowest BCUT2D eigenvalue weighted by Crippen LogP contribution is -2.49. The maximum absolute atomic E-state index is 13.5. The summed E-state index contributed by atoms with van der Waals surface area (Å²) in [5, 5.41) is 9.62. The number of para-hydroxylation sites is 1. The maximum Gasteiger partial charge on any atom is 0.263 e. The molecule has 9 nitrogen and oxygen atoms in total. The standard InChI is InChI=1S/C24H29N5O4S2/c1-2-13-27-22(31)19-10-6-7-11-20(19)29-23(27)25-26-24(29)34-15-21(30)28(17-8-4-3-5-9-17)18-12-14-35(32,33)16-18/h2,6-7,10-11,17-18H,1,3-5,8-9,12-16H2/t18-/m1/s1. The molecule has 35 heavy (non-hydrogen) atoms. The van der Waals surface area contributed by atoms with Crippen LogP contribution in [0.1, 0.15) is 38.5 Å². The van der Waals surface area contributed by atoms with Crippen LogP contribution in [0.4, 0.5) is 0 Å². The minimum absolute atomic E-state index is 0.0479. The molecular formula is C24H29N5O4S2. The highest BCUT2D eigenvalue weighted by Gasteiger charge is 2.38. The van der Waals surface area contributed by atoms with Gasteiger partial charge in [0.05, 0.1) is 28.2 Å². The molecule has 0 unspecified atom stereocenters. The molecule has 2 aromatic heterocycles. The molecule has 1 saturated carbocycles. The van der Waals surface area contributed by atoms with Gasteiger partial charge in [-0.3, -0.25) is 18.6 Å². The average molecular weight is 516 g/mol. The second-order valence-electron chi connectivity index (χ2n) is 9.28. The molecule has 2 fully saturated rings. The molecular weight excluding hydrogens is 486 g/mol. The molecule has 5 rings (SSSR count). The van der Waals surface area contributed by atoms with E-state index in [1.807, 2.05) is 27.5 Å². The van der Waals surface area contributed by atoms with E-state index in [4.69, 9.17) is 0 Å². The van der Waals surface area contributed by atoms with Gasteiger partial charge in [-0.05, 0) is 31.4 Å². The number of benzene rings is 1. The molecule has 0 radical (unpaired) electrons. The van der Waals surface area contributed by atoms with Crippen LogP contribution in [0.3, 0.4) is 0 Å². The zero-order valence-electron chi connectivity index (χ0n) is 19.5. The molecule has 1 saturated heterocycles. The van der Waals surface area contributed by atoms with Crippen LogP contribution in [0.25, 0.3) is 16.7 Å². The molecule has 11 heteroatoms. The Morgan fingerprint density at radius 3 is 2.63 bits per heavy atom. The predicted molar refractivity (Wildman–Crippen MR) is 136 cm³/mol. The number of rotatable bonds is 7. The van der Waals surface area contributed by atoms with Crippen molar-refractivity contribution in [2.45, 2.75) is 62.3 Å². The van der Waals surface area contributed by atoms with Crippen molar-refractivity contribution in [2.24, 2.45) is 0 Å². The molecule has 1 aliphatic carbocycles. The summed E-state index contributed by atoms with van der Waals surface area (Å²) in [5.41, 5.74) is 0.512. The Morgan fingerprint density at radius 1 is 1.14 bits per heavy atom. The van der Waals surface area contributed by atoms with Gasteiger partial charge in [0.1, 0.15) is 0 Å². The fraction of sp³-hybridized carbons (Fsp3) is 0.500. The molecule has 1 atom stereocenters. The highest BCUT2D eigenvalue weighted by Crippen LogP contribution is 2.30. The van der Waals surface area contributed by atoms with Gasteiger partial charge in [0.25, 0.3) is 5.56 Å². The van der Waals surface area contributed by atoms with Crippen molar-refractivity contribution in [3.63, 3.8) is 0 Å². The molecule has 3 heterocycles. The number of hydrogen-bond donors (Lipinski definition) is 0. The molecule has 2 aliphatic rings. The van der Waals surface area contributed by atoms with Gasteiger partial charge in [-0.25, -0.2) is 8.42 Å². The van der Waals surface area contributed by atoms with Crippen LogP contribution in [0.5, 0.6) is 0 Å². The zero-order chi connectivity index (χ0) is 24.6. The third-order valence-corrected chi connectivity index (χ3v) is 9.64. The topological polar surface area (TPSA) is 107 Å². The quantitative estimate of drug-likeness (QED) is 0.352. The lowest BCUT2D eigenvalue weighted by molar-refractivity contribution is -0.133. The summed E-state index contributed by atoms with van der Waals surface area (Å²) in [6, 6.07) is 7.10. The smallest absolute Gasteiger partial charge is 0.263 e. The van der Waals surface area contributed by atoms with Gasteiger partial charge in [0.2, 0.25) is 11.7 Å². The fourth-order valence-electron chi connectivity index (χ4n) is 5.38. The van der Waals surface area contributed by atoms with Gasteiger partial charge in [0.15, 0.2) is 15.0 Å². The lowest BCUT2D eigenvalue weighted by Gasteiger charge is -2.38. The summed E-state index contributed by atoms with van der Waals surface area (Å²) in [4.78, 5) is 28.4. The van der Waals surface area contributed by atoms with Crippen LogP contribution in [-0.4, -0.2) is 67.7 Å². The summed E-state index contributed by atoms with van der Waals surface area (Å²) in [7, 11) is -3.11. The first-order valence-electron chi connectivity index (χ1n) is 12.0. The molecule has 1 aliphatic heterocycles. The van der Waals surface area contributed by atoms with Crippen molar-refractivity contribution in [1.82, 2.24) is 24.1 Å². The number of allylic oxidation sites excluding steroid dienone is 1. The number of carbonyl (C=O) groups excluding carboxylic acids is 1. The third kappa shape index (κ3) is 4.63. The monoisotopic (exact) mass is 515 g/mol. The molecule has 3 aromatic rings. The van der Waals surface area contributed by atoms with Crippen LogP contribution in [0.2, 0.25) is 0 Å². The SMILES string of the molecule is C=CCn1c(=O)c2ccccc2n2c(SCC(=O)N(C3CCCCC3)[C@@H]3CCS(=O)(=O)C3)nnc12. The van der Waals surface area contributed by atoms with E-state index in [-0.39, 0.29) is 40.8 Å². The molecule has 0 bridgehead atoms. The van der Waals surface area contributed by atoms with Crippen LogP contribution < -0.4 is 5.56 Å². The van der Waals surface area contributed by atoms with Gasteiger partial charge in [-0.15, -0.1) is 16.8 Å². The Hall–Kier alpha value is -2.66. The second kappa shape index (κ2) is 9.77. The fourth-order valence-corrected chi connectivity index (χ4v) is 7.90. The maximum atomic E-state index is 13.5. The van der Waals surface area contributed by atoms with Gasteiger partial charge < -0.3 is 4.90 Å². The van der Waals surface area contributed by atoms with Crippen LogP contribution >= 0.6 is 11.8 Å². The number of sulfone groups is 1. The highest BCUT2D eigenvalue weighted by molar-refractivity contribution is 7.99. The first kappa shape index (κ1) is 24.1. The summed E-state index contributed by atoms with van der Waals surface area (Å²) in [5.74, 6) is 0.650. The number of hydrogen-bond acceptors (Lipinski definition) is 7. The summed E-state index contributed by atoms with van der Waals surface area (Å²) in [6.45, 7) is 4.04. The van der Waals surface area contributed by atoms with Gasteiger partial charge in [-0.1, -0.05) is 49.2 Å². The molecule has 0 spiro atoms. The van der Waals surface area contributed by atoms with Crippen LogP contribution in [0.15, 0.2) is 46.9 Å². The Labute approximate surface area is 208 Å². The second-order valence-corrected chi connectivity index (χ2v) is 12.4. The Balaban J connectivity index is 1.46. The molecule has 186 valence electrons. The molecule has 1 amide bonds. The summed E-state index contributed by atoms with van der Waals surface area (Å²) in [6.07, 6.45) is 7.24. The number of aromatic nitrogens is 4. The van der Waals surface area contributed by atoms with Crippen molar-refractivity contribution in [2.75, 3.05) is 17.3 Å². The average Bonchev–Trinajstić information content (AvgIpc) is 3.44. The van der Waals surface area contributed by atoms with Crippen molar-refractivity contribution in [1.29, 1.82) is 0 Å². The minimum Gasteiger partial charge on any atom is -0.335 e. The minimum atomic E-state index is -3.11. The number of nitrogens with zero attached hydrogens (tertiary/aromatic N) is 5. The van der Waals surface area contributed by atoms with Crippen LogP contribution in [-0.2, 0) is 21.2 Å². The van der Waals surface area contributed by atoms with E-state index in [1.165, 1.54) is 16.3 Å². The van der Waals surface area contributed by atoms with Gasteiger partial charge >= 0.3 is 0 Å². The Morgan fingerprint density at radius 2 is 1.91 bits per heavy atom. The van der Waals surface area contributed by atoms with E-state index >= 15 is 0 Å². The van der Waals surface area contributed by atoms with Gasteiger partial charge in [0, 0.05) is 18.6 Å². The van der Waals surface area contributed by atoms with Crippen molar-refractivity contribution in [3.05, 3.63) is 47.3 Å². The number of thioether (sulfide) groups is 1. The van der Waals surface area contributed by atoms with E-state index in [9.17, 15) is 18.0 Å². The summed E-state index contributed by atoms with van der Waals surface area (Å²) >= 11 is 1.27. The van der Waals surface area contributed by atoms with Crippen molar-refractivity contribution >= 4 is 44.2 Å². The van der Waals surface area contributed by atoms with E-state index in [0.717, 1.165) is 32.1 Å². The van der Waals surface area contributed by atoms with E-state index in [2.05, 4.69) is 16.8 Å². The van der Waals surface area contributed by atoms with E-state index in [0.29, 0.717) is 34.8 Å². The van der Waals surface area contributed by atoms with E-state index in [1.54, 1.807) is 12.1 Å². The number of amides is 1. The number of carbonyl (C=O) groups is 1.